The topological polar surface area (TPSA) is 33.3 Å². The van der Waals surface area contributed by atoms with Gasteiger partial charge in [0.2, 0.25) is 0 Å². The molecule has 0 aromatic rings. The molecule has 0 aromatic carbocycles. The minimum Gasteiger partial charge on any atom is -0.383 e. The zero-order valence-electron chi connectivity index (χ0n) is 8.30. The van der Waals surface area contributed by atoms with Crippen LogP contribution in [0, 0.1) is 0 Å². The van der Waals surface area contributed by atoms with Crippen molar-refractivity contribution in [1.82, 2.24) is 10.6 Å². The molecule has 1 aliphatic carbocycles. The molecule has 0 heterocycles. The molecule has 1 atom stereocenters. The highest BCUT2D eigenvalue weighted by Gasteiger charge is 2.22. The molecular weight excluding hydrogens is 184 g/mol. The molecule has 1 unspecified atom stereocenters. The molecule has 1 rings (SSSR count). The molecule has 2 N–H and O–H groups in total. The largest absolute Gasteiger partial charge is 0.383 e. The second kappa shape index (κ2) is 5.40. The number of nitrogens with one attached hydrogen (secondary N) is 2. The smallest absolute Gasteiger partial charge is 0.166 e. The molecule has 0 aliphatic heterocycles. The third kappa shape index (κ3) is 4.43. The Morgan fingerprint density at radius 2 is 2.31 bits per heavy atom. The van der Waals surface area contributed by atoms with Gasteiger partial charge in [0.1, 0.15) is 0 Å². The molecule has 0 aromatic heterocycles. The van der Waals surface area contributed by atoms with Crippen LogP contribution in [-0.2, 0) is 4.74 Å². The van der Waals surface area contributed by atoms with Gasteiger partial charge in [-0.1, -0.05) is 6.92 Å². The van der Waals surface area contributed by atoms with Crippen molar-refractivity contribution >= 4 is 17.3 Å². The van der Waals surface area contributed by atoms with Gasteiger partial charge in [0.25, 0.3) is 0 Å². The summed E-state index contributed by atoms with van der Waals surface area (Å²) in [6.45, 7) is 2.83. The fraction of sp³-hybridized carbons (Fsp3) is 0.889. The highest BCUT2D eigenvalue weighted by atomic mass is 32.1. The van der Waals surface area contributed by atoms with Crippen molar-refractivity contribution in [2.24, 2.45) is 0 Å². The molecular formula is C9H18N2OS. The first-order valence-corrected chi connectivity index (χ1v) is 5.23. The fourth-order valence-electron chi connectivity index (χ4n) is 1.10. The van der Waals surface area contributed by atoms with E-state index in [0.717, 1.165) is 11.5 Å². The van der Waals surface area contributed by atoms with Gasteiger partial charge in [-0.25, -0.2) is 0 Å². The lowest BCUT2D eigenvalue weighted by atomic mass is 10.2. The molecule has 0 bridgehead atoms. The van der Waals surface area contributed by atoms with Gasteiger partial charge < -0.3 is 15.4 Å². The van der Waals surface area contributed by atoms with E-state index in [4.69, 9.17) is 17.0 Å². The Morgan fingerprint density at radius 3 is 2.77 bits per heavy atom. The monoisotopic (exact) mass is 202 g/mol. The van der Waals surface area contributed by atoms with Gasteiger partial charge in [0.05, 0.1) is 12.6 Å². The van der Waals surface area contributed by atoms with Gasteiger partial charge in [-0.3, -0.25) is 0 Å². The Balaban J connectivity index is 2.14. The molecule has 1 aliphatic rings. The van der Waals surface area contributed by atoms with E-state index >= 15 is 0 Å². The van der Waals surface area contributed by atoms with E-state index < -0.39 is 0 Å². The minimum absolute atomic E-state index is 0.337. The van der Waals surface area contributed by atoms with Crippen LogP contribution in [0.15, 0.2) is 0 Å². The minimum atomic E-state index is 0.337. The van der Waals surface area contributed by atoms with E-state index in [1.54, 1.807) is 7.11 Å². The maximum Gasteiger partial charge on any atom is 0.166 e. The summed E-state index contributed by atoms with van der Waals surface area (Å²) in [5, 5.41) is 7.25. The predicted molar refractivity (Wildman–Crippen MR) is 57.8 cm³/mol. The third-order valence-electron chi connectivity index (χ3n) is 2.11. The Morgan fingerprint density at radius 1 is 1.62 bits per heavy atom. The van der Waals surface area contributed by atoms with Crippen LogP contribution in [0.25, 0.3) is 0 Å². The number of thiocarbonyl (C=S) groups is 1. The maximum atomic E-state index is 5.15. The van der Waals surface area contributed by atoms with E-state index in [1.165, 1.54) is 12.8 Å². The summed E-state index contributed by atoms with van der Waals surface area (Å²) in [5.41, 5.74) is 0. The van der Waals surface area contributed by atoms with Crippen molar-refractivity contribution in [2.75, 3.05) is 13.7 Å². The predicted octanol–water partition coefficient (Wildman–Crippen LogP) is 1.04. The zero-order valence-corrected chi connectivity index (χ0v) is 9.12. The van der Waals surface area contributed by atoms with E-state index in [1.807, 2.05) is 0 Å². The lowest BCUT2D eigenvalue weighted by molar-refractivity contribution is 0.172. The summed E-state index contributed by atoms with van der Waals surface area (Å²) >= 11 is 5.15. The lowest BCUT2D eigenvalue weighted by Crippen LogP contribution is -2.44. The molecule has 0 amide bonds. The van der Waals surface area contributed by atoms with Crippen LogP contribution in [0.1, 0.15) is 26.2 Å². The first kappa shape index (κ1) is 10.7. The molecule has 76 valence electrons. The molecule has 0 spiro atoms. The van der Waals surface area contributed by atoms with Crippen LogP contribution in [0.4, 0.5) is 0 Å². The Hall–Kier alpha value is -0.350. The van der Waals surface area contributed by atoms with E-state index in [2.05, 4.69) is 17.6 Å². The van der Waals surface area contributed by atoms with Crippen molar-refractivity contribution in [1.29, 1.82) is 0 Å². The quantitative estimate of drug-likeness (QED) is 0.653. The Kier molecular flexibility index (Phi) is 4.45. The second-order valence-electron chi connectivity index (χ2n) is 3.45. The average molecular weight is 202 g/mol. The second-order valence-corrected chi connectivity index (χ2v) is 3.86. The number of hydrogen-bond acceptors (Lipinski definition) is 2. The van der Waals surface area contributed by atoms with Crippen LogP contribution in [0.3, 0.4) is 0 Å². The average Bonchev–Trinajstić information content (AvgIpc) is 2.87. The SMILES string of the molecule is CCC(COC)NC(=S)NC1CC1. The summed E-state index contributed by atoms with van der Waals surface area (Å²) in [6.07, 6.45) is 3.53. The van der Waals surface area contributed by atoms with Gasteiger partial charge in [-0.15, -0.1) is 0 Å². The third-order valence-corrected chi connectivity index (χ3v) is 2.34. The molecule has 0 saturated heterocycles. The normalized spacial score (nSPS) is 18.0. The highest BCUT2D eigenvalue weighted by Crippen LogP contribution is 2.18. The molecule has 1 saturated carbocycles. The first-order chi connectivity index (χ1) is 6.26. The van der Waals surface area contributed by atoms with Gasteiger partial charge >= 0.3 is 0 Å². The van der Waals surface area contributed by atoms with Crippen LogP contribution in [-0.4, -0.2) is 30.9 Å². The van der Waals surface area contributed by atoms with Crippen molar-refractivity contribution in [2.45, 2.75) is 38.3 Å². The van der Waals surface area contributed by atoms with Crippen LogP contribution in [0.2, 0.25) is 0 Å². The van der Waals surface area contributed by atoms with Gasteiger partial charge in [-0.2, -0.15) is 0 Å². The number of methoxy groups -OCH3 is 1. The van der Waals surface area contributed by atoms with Gasteiger partial charge in [0, 0.05) is 13.2 Å². The number of ether oxygens (including phenoxy) is 1. The van der Waals surface area contributed by atoms with E-state index in [-0.39, 0.29) is 0 Å². The zero-order chi connectivity index (χ0) is 9.68. The van der Waals surface area contributed by atoms with Gasteiger partial charge in [0.15, 0.2) is 5.11 Å². The molecule has 1 fully saturated rings. The fourth-order valence-corrected chi connectivity index (χ4v) is 1.44. The van der Waals surface area contributed by atoms with Crippen LogP contribution in [0.5, 0.6) is 0 Å². The lowest BCUT2D eigenvalue weighted by Gasteiger charge is -2.18. The number of hydrogen-bond donors (Lipinski definition) is 2. The van der Waals surface area contributed by atoms with Gasteiger partial charge in [-0.05, 0) is 31.5 Å². The molecule has 13 heavy (non-hydrogen) atoms. The van der Waals surface area contributed by atoms with E-state index in [0.29, 0.717) is 18.7 Å². The summed E-state index contributed by atoms with van der Waals surface area (Å²) in [5.74, 6) is 0. The standard InChI is InChI=1S/C9H18N2OS/c1-3-7(6-12-2)10-9(13)11-8-4-5-8/h7-8H,3-6H2,1-2H3,(H2,10,11,13). The number of rotatable bonds is 5. The summed E-state index contributed by atoms with van der Waals surface area (Å²) in [7, 11) is 1.71. The highest BCUT2D eigenvalue weighted by molar-refractivity contribution is 7.80. The molecule has 0 radical (unpaired) electrons. The van der Waals surface area contributed by atoms with Crippen LogP contribution < -0.4 is 10.6 Å². The van der Waals surface area contributed by atoms with Crippen molar-refractivity contribution in [3.63, 3.8) is 0 Å². The first-order valence-electron chi connectivity index (χ1n) is 4.82. The van der Waals surface area contributed by atoms with Crippen LogP contribution >= 0.6 is 12.2 Å². The molecule has 4 heteroatoms. The maximum absolute atomic E-state index is 5.15. The van der Waals surface area contributed by atoms with Crippen molar-refractivity contribution in [3.05, 3.63) is 0 Å². The summed E-state index contributed by atoms with van der Waals surface area (Å²) < 4.78 is 5.07. The Labute approximate surface area is 85.2 Å². The Bertz CT molecular complexity index is 171. The summed E-state index contributed by atoms with van der Waals surface area (Å²) in [4.78, 5) is 0. The van der Waals surface area contributed by atoms with Crippen molar-refractivity contribution in [3.8, 4) is 0 Å². The van der Waals surface area contributed by atoms with Crippen molar-refractivity contribution < 1.29 is 4.74 Å². The molecule has 3 nitrogen and oxygen atoms in total. The van der Waals surface area contributed by atoms with E-state index in [9.17, 15) is 0 Å². The summed E-state index contributed by atoms with van der Waals surface area (Å²) in [6, 6.07) is 0.962.